The van der Waals surface area contributed by atoms with Crippen LogP contribution >= 0.6 is 39.1 Å². The first kappa shape index (κ1) is 14.4. The fourth-order valence-corrected chi connectivity index (χ4v) is 2.29. The Kier molecular flexibility index (Phi) is 5.25. The molecule has 2 nitrogen and oxygen atoms in total. The minimum atomic E-state index is 0.492. The number of hydrogen-bond acceptors (Lipinski definition) is 2. The maximum Gasteiger partial charge on any atom is 0.0609 e. The summed E-state index contributed by atoms with van der Waals surface area (Å²) in [5, 5.41) is 5.42. The van der Waals surface area contributed by atoms with Gasteiger partial charge in [-0.1, -0.05) is 57.3 Å². The molecule has 1 N–H and O–H groups in total. The second-order valence-corrected chi connectivity index (χ2v) is 5.57. The van der Waals surface area contributed by atoms with Gasteiger partial charge in [0.1, 0.15) is 0 Å². The van der Waals surface area contributed by atoms with Crippen molar-refractivity contribution in [3.63, 3.8) is 0 Å². The summed E-state index contributed by atoms with van der Waals surface area (Å²) in [6, 6.07) is 13.3. The van der Waals surface area contributed by atoms with Gasteiger partial charge in [0, 0.05) is 20.1 Å². The average molecular weight is 358 g/mol. The summed E-state index contributed by atoms with van der Waals surface area (Å²) in [6.07, 6.45) is 1.75. The van der Waals surface area contributed by atoms with Gasteiger partial charge in [0.25, 0.3) is 0 Å². The summed E-state index contributed by atoms with van der Waals surface area (Å²) in [5.74, 6) is 0. The normalized spacial score (nSPS) is 10.9. The molecule has 0 aliphatic carbocycles. The van der Waals surface area contributed by atoms with Crippen LogP contribution < -0.4 is 5.43 Å². The molecule has 0 atom stereocenters. The fourth-order valence-electron chi connectivity index (χ4n) is 1.49. The van der Waals surface area contributed by atoms with Crippen molar-refractivity contribution in [1.82, 2.24) is 5.43 Å². The van der Waals surface area contributed by atoms with Crippen molar-refractivity contribution in [3.8, 4) is 0 Å². The zero-order valence-corrected chi connectivity index (χ0v) is 13.0. The Hall–Kier alpha value is -1.03. The largest absolute Gasteiger partial charge is 0.306 e. The summed E-state index contributed by atoms with van der Waals surface area (Å²) in [5.41, 5.74) is 4.80. The highest BCUT2D eigenvalue weighted by Gasteiger charge is 2.03. The van der Waals surface area contributed by atoms with Crippen molar-refractivity contribution in [2.75, 3.05) is 0 Å². The Labute approximate surface area is 130 Å². The molecule has 2 aromatic rings. The predicted octanol–water partition coefficient (Wildman–Crippen LogP) is 4.88. The number of benzene rings is 2. The Morgan fingerprint density at radius 3 is 2.32 bits per heavy atom. The first-order valence-electron chi connectivity index (χ1n) is 5.61. The van der Waals surface area contributed by atoms with Gasteiger partial charge in [-0.25, -0.2) is 0 Å². The van der Waals surface area contributed by atoms with Crippen LogP contribution in [0.1, 0.15) is 11.1 Å². The van der Waals surface area contributed by atoms with E-state index in [0.717, 1.165) is 15.6 Å². The van der Waals surface area contributed by atoms with Crippen LogP contribution in [0, 0.1) is 0 Å². The summed E-state index contributed by atoms with van der Waals surface area (Å²) in [7, 11) is 0. The van der Waals surface area contributed by atoms with Gasteiger partial charge in [0.05, 0.1) is 12.8 Å². The molecule has 0 fully saturated rings. The highest BCUT2D eigenvalue weighted by Crippen LogP contribution is 2.23. The molecule has 0 radical (unpaired) electrons. The van der Waals surface area contributed by atoms with Crippen LogP contribution in [0.4, 0.5) is 0 Å². The lowest BCUT2D eigenvalue weighted by Gasteiger charge is -2.05. The maximum atomic E-state index is 6.06. The minimum Gasteiger partial charge on any atom is -0.306 e. The lowest BCUT2D eigenvalue weighted by Crippen LogP contribution is -2.06. The first-order valence-corrected chi connectivity index (χ1v) is 7.16. The molecule has 98 valence electrons. The second-order valence-electron chi connectivity index (χ2n) is 3.84. The smallest absolute Gasteiger partial charge is 0.0609 e. The van der Waals surface area contributed by atoms with E-state index < -0.39 is 0 Å². The van der Waals surface area contributed by atoms with Crippen molar-refractivity contribution in [2.45, 2.75) is 6.54 Å². The zero-order valence-electron chi connectivity index (χ0n) is 9.91. The van der Waals surface area contributed by atoms with E-state index in [1.807, 2.05) is 42.5 Å². The van der Waals surface area contributed by atoms with E-state index in [2.05, 4.69) is 26.5 Å². The third-order valence-electron chi connectivity index (χ3n) is 2.49. The number of rotatable bonds is 4. The maximum absolute atomic E-state index is 6.06. The standard InChI is InChI=1S/C14H11BrCl2N2/c15-11-6-4-10(5-7-11)8-18-19-9-12-13(16)2-1-3-14(12)17/h1-8,19H,9H2/b18-8-. The number of hydrazone groups is 1. The third kappa shape index (κ3) is 4.23. The Bertz CT molecular complexity index is 562. The fraction of sp³-hybridized carbons (Fsp3) is 0.0714. The van der Waals surface area contributed by atoms with E-state index in [9.17, 15) is 0 Å². The lowest BCUT2D eigenvalue weighted by atomic mass is 10.2. The van der Waals surface area contributed by atoms with Gasteiger partial charge in [0.15, 0.2) is 0 Å². The van der Waals surface area contributed by atoms with E-state index in [-0.39, 0.29) is 0 Å². The number of hydrogen-bond donors (Lipinski definition) is 1. The van der Waals surface area contributed by atoms with Gasteiger partial charge >= 0.3 is 0 Å². The van der Waals surface area contributed by atoms with Gasteiger partial charge in [0.2, 0.25) is 0 Å². The lowest BCUT2D eigenvalue weighted by molar-refractivity contribution is 0.748. The SMILES string of the molecule is Clc1cccc(Cl)c1CN/N=C\c1ccc(Br)cc1. The molecule has 0 saturated carbocycles. The van der Waals surface area contributed by atoms with E-state index in [0.29, 0.717) is 16.6 Å². The quantitative estimate of drug-likeness (QED) is 0.612. The summed E-state index contributed by atoms with van der Waals surface area (Å²) in [6.45, 7) is 0.492. The van der Waals surface area contributed by atoms with E-state index in [1.54, 1.807) is 6.21 Å². The Morgan fingerprint density at radius 1 is 1.05 bits per heavy atom. The van der Waals surface area contributed by atoms with Crippen LogP contribution in [0.15, 0.2) is 52.0 Å². The van der Waals surface area contributed by atoms with E-state index in [1.165, 1.54) is 0 Å². The Morgan fingerprint density at radius 2 is 1.68 bits per heavy atom. The van der Waals surface area contributed by atoms with Crippen LogP contribution in [-0.4, -0.2) is 6.21 Å². The molecule has 0 aromatic heterocycles. The monoisotopic (exact) mass is 356 g/mol. The zero-order chi connectivity index (χ0) is 13.7. The van der Waals surface area contributed by atoms with Crippen LogP contribution in [0.5, 0.6) is 0 Å². The molecular weight excluding hydrogens is 347 g/mol. The highest BCUT2D eigenvalue weighted by atomic mass is 79.9. The molecular formula is C14H11BrCl2N2. The van der Waals surface area contributed by atoms with Crippen molar-refractivity contribution in [2.24, 2.45) is 5.10 Å². The molecule has 2 aromatic carbocycles. The van der Waals surface area contributed by atoms with E-state index in [4.69, 9.17) is 23.2 Å². The predicted molar refractivity (Wildman–Crippen MR) is 85.0 cm³/mol. The molecule has 0 saturated heterocycles. The topological polar surface area (TPSA) is 24.4 Å². The molecule has 0 bridgehead atoms. The van der Waals surface area contributed by atoms with Crippen molar-refractivity contribution < 1.29 is 0 Å². The molecule has 0 amide bonds. The van der Waals surface area contributed by atoms with Crippen LogP contribution in [0.2, 0.25) is 10.0 Å². The molecule has 0 aliphatic rings. The summed E-state index contributed by atoms with van der Waals surface area (Å²) < 4.78 is 1.04. The van der Waals surface area contributed by atoms with Gasteiger partial charge in [-0.15, -0.1) is 0 Å². The van der Waals surface area contributed by atoms with Gasteiger partial charge in [-0.05, 0) is 29.8 Å². The molecule has 5 heteroatoms. The molecule has 0 heterocycles. The molecule has 0 unspecified atom stereocenters. The summed E-state index contributed by atoms with van der Waals surface area (Å²) in [4.78, 5) is 0. The van der Waals surface area contributed by atoms with Crippen LogP contribution in [0.3, 0.4) is 0 Å². The van der Waals surface area contributed by atoms with Crippen LogP contribution in [0.25, 0.3) is 0 Å². The molecule has 2 rings (SSSR count). The van der Waals surface area contributed by atoms with E-state index >= 15 is 0 Å². The molecule has 19 heavy (non-hydrogen) atoms. The van der Waals surface area contributed by atoms with Crippen molar-refractivity contribution in [3.05, 3.63) is 68.1 Å². The average Bonchev–Trinajstić information content (AvgIpc) is 2.39. The van der Waals surface area contributed by atoms with Crippen molar-refractivity contribution >= 4 is 45.3 Å². The summed E-state index contributed by atoms with van der Waals surface area (Å²) >= 11 is 15.5. The van der Waals surface area contributed by atoms with Gasteiger partial charge in [-0.2, -0.15) is 5.10 Å². The number of nitrogens with zero attached hydrogens (tertiary/aromatic N) is 1. The second kappa shape index (κ2) is 6.94. The minimum absolute atomic E-state index is 0.492. The highest BCUT2D eigenvalue weighted by molar-refractivity contribution is 9.10. The van der Waals surface area contributed by atoms with Crippen LogP contribution in [-0.2, 0) is 6.54 Å². The van der Waals surface area contributed by atoms with Crippen molar-refractivity contribution in [1.29, 1.82) is 0 Å². The third-order valence-corrected chi connectivity index (χ3v) is 3.73. The first-order chi connectivity index (χ1) is 9.16. The molecule has 0 spiro atoms. The number of halogens is 3. The van der Waals surface area contributed by atoms with Gasteiger partial charge < -0.3 is 5.43 Å². The Balaban J connectivity index is 1.95. The molecule has 0 aliphatic heterocycles. The van der Waals surface area contributed by atoms with Gasteiger partial charge in [-0.3, -0.25) is 0 Å². The number of nitrogens with one attached hydrogen (secondary N) is 1.